The summed E-state index contributed by atoms with van der Waals surface area (Å²) < 4.78 is 8.40. The highest BCUT2D eigenvalue weighted by molar-refractivity contribution is 6.10. The first-order valence-electron chi connectivity index (χ1n) is 29.9. The van der Waals surface area contributed by atoms with Crippen molar-refractivity contribution in [3.05, 3.63) is 204 Å². The van der Waals surface area contributed by atoms with Crippen molar-refractivity contribution in [3.8, 4) is 0 Å². The number of halogens is 1. The van der Waals surface area contributed by atoms with E-state index in [-0.39, 0.29) is 60.2 Å². The number of fused-ring (bicyclic) bond motifs is 3. The Balaban J connectivity index is 0.00000752. The van der Waals surface area contributed by atoms with E-state index in [0.717, 1.165) is 82.3 Å². The maximum absolute atomic E-state index is 13.9. The minimum atomic E-state index is -0.815. The average molecular weight is 1240 g/mol. The molecule has 0 bridgehead atoms. The number of hydrogen-bond donors (Lipinski definition) is 2. The number of piperazine rings is 1. The Bertz CT molecular complexity index is 3950. The largest absolute Gasteiger partial charge is 1.00 e. The highest BCUT2D eigenvalue weighted by Gasteiger charge is 2.44. The molecular weight excluding hydrogens is 1170 g/mol. The Labute approximate surface area is 516 Å². The molecule has 14 heteroatoms. The van der Waals surface area contributed by atoms with Crippen molar-refractivity contribution < 1.29 is 42.9 Å². The fourth-order valence-corrected chi connectivity index (χ4v) is 13.3. The third kappa shape index (κ3) is 11.4. The smallest absolute Gasteiger partial charge is 0.306 e. The van der Waals surface area contributed by atoms with E-state index in [2.05, 4.69) is 150 Å². The summed E-state index contributed by atoms with van der Waals surface area (Å²) in [6.07, 6.45) is 12.7. The number of carbonyl (C=O) groups excluding carboxylic acids is 2. The number of nitrogens with one attached hydrogen (secondary N) is 2. The highest BCUT2D eigenvalue weighted by atomic mass is 127. The third-order valence-corrected chi connectivity index (χ3v) is 17.6. The summed E-state index contributed by atoms with van der Waals surface area (Å²) in [4.78, 5) is 34.3. The molecule has 13 nitrogen and oxygen atoms in total. The zero-order valence-corrected chi connectivity index (χ0v) is 52.0. The molecule has 7 aromatic rings. The number of carbonyl (C=O) groups is 2. The molecule has 7 aromatic carbocycles. The zero-order chi connectivity index (χ0) is 58.2. The van der Waals surface area contributed by atoms with Crippen LogP contribution in [0.25, 0.3) is 21.5 Å². The minimum Gasteiger partial charge on any atom is -1.00 e. The molecule has 0 saturated carbocycles. The maximum atomic E-state index is 13.9. The molecular formula is C71H75IN10O3. The number of hydrogen-bond acceptors (Lipinski definition) is 11. The van der Waals surface area contributed by atoms with Crippen LogP contribution in [0.4, 0.5) is 45.5 Å². The summed E-state index contributed by atoms with van der Waals surface area (Å²) in [6.45, 7) is 20.2. The van der Waals surface area contributed by atoms with Crippen LogP contribution in [-0.4, -0.2) is 83.5 Å². The predicted molar refractivity (Wildman–Crippen MR) is 340 cm³/mol. The number of benzene rings is 7. The van der Waals surface area contributed by atoms with Crippen molar-refractivity contribution in [2.75, 3.05) is 61.4 Å². The van der Waals surface area contributed by atoms with Crippen LogP contribution in [0.1, 0.15) is 91.7 Å². The quantitative estimate of drug-likeness (QED) is 0.0453. The molecule has 434 valence electrons. The van der Waals surface area contributed by atoms with Crippen LogP contribution in [0.2, 0.25) is 0 Å². The van der Waals surface area contributed by atoms with Gasteiger partial charge in [-0.2, -0.15) is 9.69 Å². The molecule has 1 atom stereocenters. The summed E-state index contributed by atoms with van der Waals surface area (Å²) >= 11 is 0. The van der Waals surface area contributed by atoms with Crippen LogP contribution in [0.15, 0.2) is 213 Å². The van der Waals surface area contributed by atoms with E-state index in [9.17, 15) is 9.59 Å². The second-order valence-electron chi connectivity index (χ2n) is 23.8. The molecule has 85 heavy (non-hydrogen) atoms. The maximum Gasteiger partial charge on any atom is 0.306 e. The number of amides is 1. The molecule has 1 aliphatic carbocycles. The Morgan fingerprint density at radius 1 is 0.624 bits per heavy atom. The lowest BCUT2D eigenvalue weighted by molar-refractivity contribution is -0.433. The summed E-state index contributed by atoms with van der Waals surface area (Å²) in [5, 5.41) is 29.5. The van der Waals surface area contributed by atoms with Gasteiger partial charge in [0, 0.05) is 112 Å². The lowest BCUT2D eigenvalue weighted by Crippen LogP contribution is -3.00. The molecule has 4 heterocycles. The molecule has 2 N–H and O–H groups in total. The number of allylic oxidation sites excluding steroid dienone is 7. The van der Waals surface area contributed by atoms with E-state index in [0.29, 0.717) is 31.9 Å². The number of azo groups is 2. The van der Waals surface area contributed by atoms with Gasteiger partial charge in [-0.05, 0) is 125 Å². The van der Waals surface area contributed by atoms with Gasteiger partial charge in [-0.3, -0.25) is 9.59 Å². The molecule has 0 spiro atoms. The van der Waals surface area contributed by atoms with E-state index in [4.69, 9.17) is 15.0 Å². The van der Waals surface area contributed by atoms with Gasteiger partial charge in [0.1, 0.15) is 18.8 Å². The second-order valence-corrected chi connectivity index (χ2v) is 23.8. The monoisotopic (exact) mass is 1240 g/mol. The SMILES string of the molecule is CCN1/C(=C/C=C2\CCCC(/C=C/C3=[N+](CC)c4ccccc4C3(C)C)=C2N2CCN(C(=O)CCC(=O)OCC3(C)Nc4cccc5c(/N=N/c6ccc(/N=N/c7ccccc7)c7ccccc67)ccc(c45)N3)CC2)C(C)(C)c2ccccc21.[I-]. The standard InChI is InChI=1S/C71H75N10O3.HI/c1-8-80-61-31-17-15-28-54(61)69(3,4)63(80)39-33-48-21-19-22-49(34-40-64-70(5,6)55-29-16-18-32-62(55)81(64)9-2)68(48)79-45-43-78(44-46-79)65(82)41-42-66(83)84-47-71(7)72-59-30-20-27-53-58(37-38-60(73-71)67(53)59)77-76-57-36-35-56(51-25-13-14-26-52(51)57)75-74-50-23-11-10-12-24-50;/h10-18,20,23-40,72-73H,8-9,19,21-22,41-47H2,1-7H3;1H/q+1;/p-1/b75-74+,77-76+;. The summed E-state index contributed by atoms with van der Waals surface area (Å²) in [5.74, 6) is -0.446. The number of rotatable bonds is 15. The molecule has 1 fully saturated rings. The molecule has 4 aliphatic heterocycles. The van der Waals surface area contributed by atoms with Crippen LogP contribution in [-0.2, 0) is 25.2 Å². The molecule has 12 rings (SSSR count). The number of para-hydroxylation sites is 2. The summed E-state index contributed by atoms with van der Waals surface area (Å²) in [6, 6.07) is 49.1. The van der Waals surface area contributed by atoms with Crippen LogP contribution in [0, 0.1) is 0 Å². The van der Waals surface area contributed by atoms with Gasteiger partial charge in [-0.15, -0.1) is 15.3 Å². The fraction of sp³-hybridized carbons (Fsp3) is 0.310. The predicted octanol–water partition coefficient (Wildman–Crippen LogP) is 13.6. The van der Waals surface area contributed by atoms with E-state index in [1.54, 1.807) is 0 Å². The van der Waals surface area contributed by atoms with Gasteiger partial charge in [-0.25, -0.2) is 0 Å². The Hall–Kier alpha value is -8.24. The van der Waals surface area contributed by atoms with E-state index in [1.165, 1.54) is 50.8 Å². The third-order valence-electron chi connectivity index (χ3n) is 17.6. The lowest BCUT2D eigenvalue weighted by Gasteiger charge is -2.40. The lowest BCUT2D eigenvalue weighted by atomic mass is 9.81. The summed E-state index contributed by atoms with van der Waals surface area (Å²) in [5.41, 5.74) is 15.5. The van der Waals surface area contributed by atoms with E-state index < -0.39 is 11.6 Å². The first-order valence-corrected chi connectivity index (χ1v) is 29.9. The number of likely N-dealkylation sites (N-methyl/N-ethyl adjacent to an activating group) is 1. The molecule has 1 saturated heterocycles. The van der Waals surface area contributed by atoms with Crippen LogP contribution in [0.5, 0.6) is 0 Å². The molecule has 1 unspecified atom stereocenters. The molecule has 1 amide bonds. The Kier molecular flexibility index (Phi) is 16.8. The van der Waals surface area contributed by atoms with Crippen molar-refractivity contribution in [3.63, 3.8) is 0 Å². The average Bonchev–Trinajstić information content (AvgIpc) is 3.33. The first kappa shape index (κ1) is 58.5. The normalized spacial score (nSPS) is 19.8. The van der Waals surface area contributed by atoms with Crippen LogP contribution < -0.4 is 39.5 Å². The van der Waals surface area contributed by atoms with Gasteiger partial charge in [-0.1, -0.05) is 117 Å². The number of ether oxygens (including phenoxy) is 1. The summed E-state index contributed by atoms with van der Waals surface area (Å²) in [7, 11) is 0. The van der Waals surface area contributed by atoms with Gasteiger partial charge >= 0.3 is 5.97 Å². The molecule has 0 radical (unpaired) electrons. The number of esters is 1. The Morgan fingerprint density at radius 3 is 1.96 bits per heavy atom. The number of nitrogens with zero attached hydrogens (tertiary/aromatic N) is 8. The second kappa shape index (κ2) is 24.4. The van der Waals surface area contributed by atoms with Crippen molar-refractivity contribution >= 4 is 84.6 Å². The van der Waals surface area contributed by atoms with E-state index >= 15 is 0 Å². The van der Waals surface area contributed by atoms with Crippen molar-refractivity contribution in [2.45, 2.75) is 97.1 Å². The van der Waals surface area contributed by atoms with Crippen molar-refractivity contribution in [2.24, 2.45) is 20.5 Å². The minimum absolute atomic E-state index is 0. The first-order chi connectivity index (χ1) is 40.7. The van der Waals surface area contributed by atoms with Gasteiger partial charge in [0.05, 0.1) is 34.6 Å². The van der Waals surface area contributed by atoms with Crippen LogP contribution in [0.3, 0.4) is 0 Å². The van der Waals surface area contributed by atoms with Crippen molar-refractivity contribution in [1.82, 2.24) is 9.80 Å². The van der Waals surface area contributed by atoms with Gasteiger partial charge < -0.3 is 54.0 Å². The van der Waals surface area contributed by atoms with E-state index in [1.807, 2.05) is 109 Å². The molecule has 0 aromatic heterocycles. The fourth-order valence-electron chi connectivity index (χ4n) is 13.3. The number of anilines is 3. The van der Waals surface area contributed by atoms with Crippen LogP contribution >= 0.6 is 0 Å². The zero-order valence-electron chi connectivity index (χ0n) is 49.8. The van der Waals surface area contributed by atoms with Gasteiger partial charge in [0.2, 0.25) is 11.6 Å². The van der Waals surface area contributed by atoms with Gasteiger partial charge in [0.15, 0.2) is 5.71 Å². The van der Waals surface area contributed by atoms with Crippen molar-refractivity contribution in [1.29, 1.82) is 0 Å². The topological polar surface area (TPSA) is 130 Å². The Morgan fingerprint density at radius 2 is 1.25 bits per heavy atom. The van der Waals surface area contributed by atoms with Gasteiger partial charge in [0.25, 0.3) is 0 Å². The highest BCUT2D eigenvalue weighted by Crippen LogP contribution is 2.49. The molecule has 5 aliphatic rings.